The molecule has 2 N–H and O–H groups in total. The minimum absolute atomic E-state index is 0.0732. The fraction of sp³-hybridized carbons (Fsp3) is 0.500. The number of carbonyl (C=O) groups is 1. The number of rotatable bonds is 7. The summed E-state index contributed by atoms with van der Waals surface area (Å²) in [6, 6.07) is 10.7. The van der Waals surface area contributed by atoms with Gasteiger partial charge in [0.2, 0.25) is 0 Å². The largest absolute Gasteiger partial charge is 0.396 e. The van der Waals surface area contributed by atoms with Gasteiger partial charge in [0.1, 0.15) is 0 Å². The van der Waals surface area contributed by atoms with E-state index in [4.69, 9.17) is 5.11 Å². The second-order valence-electron chi connectivity index (χ2n) is 6.71. The molecule has 1 aliphatic rings. The van der Waals surface area contributed by atoms with Crippen LogP contribution in [0.4, 0.5) is 0 Å². The van der Waals surface area contributed by atoms with Crippen LogP contribution in [0.15, 0.2) is 35.2 Å². The molecule has 1 amide bonds. The Morgan fingerprint density at radius 3 is 2.65 bits per heavy atom. The van der Waals surface area contributed by atoms with Crippen molar-refractivity contribution < 1.29 is 9.90 Å². The summed E-state index contributed by atoms with van der Waals surface area (Å²) in [5, 5.41) is 16.4. The minimum atomic E-state index is -0.171. The van der Waals surface area contributed by atoms with Crippen LogP contribution in [0.5, 0.6) is 0 Å². The first-order valence-corrected chi connectivity index (χ1v) is 10.6. The summed E-state index contributed by atoms with van der Waals surface area (Å²) >= 11 is 1.72. The van der Waals surface area contributed by atoms with Crippen LogP contribution < -0.4 is 5.32 Å². The van der Waals surface area contributed by atoms with Gasteiger partial charge in [-0.25, -0.2) is 0 Å². The zero-order chi connectivity index (χ0) is 18.4. The molecular formula is C20H27N3O2S. The number of nitrogens with zero attached hydrogens (tertiary/aromatic N) is 2. The summed E-state index contributed by atoms with van der Waals surface area (Å²) in [7, 11) is 0. The number of aliphatic hydroxyl groups excluding tert-OH is 1. The SMILES string of the molecule is CSc1ccc(-c2cc(C(=O)NCCCO)nn2C2CCCCC2)cc1. The minimum Gasteiger partial charge on any atom is -0.396 e. The van der Waals surface area contributed by atoms with E-state index in [1.54, 1.807) is 11.8 Å². The molecule has 0 atom stereocenters. The van der Waals surface area contributed by atoms with Gasteiger partial charge in [-0.1, -0.05) is 31.4 Å². The fourth-order valence-electron chi connectivity index (χ4n) is 3.46. The highest BCUT2D eigenvalue weighted by Crippen LogP contribution is 2.33. The van der Waals surface area contributed by atoms with Gasteiger partial charge < -0.3 is 10.4 Å². The third-order valence-corrected chi connectivity index (χ3v) is 5.64. The topological polar surface area (TPSA) is 67.2 Å². The maximum atomic E-state index is 12.4. The van der Waals surface area contributed by atoms with Crippen LogP contribution in [-0.2, 0) is 0 Å². The number of hydrogen-bond acceptors (Lipinski definition) is 4. The van der Waals surface area contributed by atoms with Crippen molar-refractivity contribution in [3.8, 4) is 11.3 Å². The highest BCUT2D eigenvalue weighted by molar-refractivity contribution is 7.98. The lowest BCUT2D eigenvalue weighted by atomic mass is 9.95. The first-order valence-electron chi connectivity index (χ1n) is 9.36. The molecule has 1 aromatic heterocycles. The van der Waals surface area contributed by atoms with Crippen LogP contribution in [0.3, 0.4) is 0 Å². The van der Waals surface area contributed by atoms with E-state index in [1.807, 2.05) is 6.07 Å². The van der Waals surface area contributed by atoms with Crippen LogP contribution in [0.1, 0.15) is 55.1 Å². The van der Waals surface area contributed by atoms with Crippen molar-refractivity contribution in [3.05, 3.63) is 36.0 Å². The Labute approximate surface area is 159 Å². The van der Waals surface area contributed by atoms with Crippen LogP contribution in [-0.4, -0.2) is 40.2 Å². The molecule has 0 radical (unpaired) electrons. The average molecular weight is 374 g/mol. The Bertz CT molecular complexity index is 721. The molecule has 1 aliphatic carbocycles. The number of thioether (sulfide) groups is 1. The Morgan fingerprint density at radius 2 is 2.00 bits per heavy atom. The molecule has 0 aliphatic heterocycles. The molecule has 140 valence electrons. The van der Waals surface area contributed by atoms with Crippen molar-refractivity contribution in [2.45, 2.75) is 49.5 Å². The maximum Gasteiger partial charge on any atom is 0.271 e. The molecular weight excluding hydrogens is 346 g/mol. The number of nitrogens with one attached hydrogen (secondary N) is 1. The van der Waals surface area contributed by atoms with E-state index in [0.29, 0.717) is 24.7 Å². The molecule has 5 nitrogen and oxygen atoms in total. The van der Waals surface area contributed by atoms with Crippen molar-refractivity contribution in [1.29, 1.82) is 0 Å². The van der Waals surface area contributed by atoms with Crippen molar-refractivity contribution >= 4 is 17.7 Å². The zero-order valence-corrected chi connectivity index (χ0v) is 16.1. The molecule has 0 spiro atoms. The molecule has 2 aromatic rings. The third kappa shape index (κ3) is 4.48. The Morgan fingerprint density at radius 1 is 1.27 bits per heavy atom. The first-order chi connectivity index (χ1) is 12.7. The normalized spacial score (nSPS) is 15.2. The Kier molecular flexibility index (Phi) is 6.74. The summed E-state index contributed by atoms with van der Waals surface area (Å²) in [6.07, 6.45) is 8.56. The maximum absolute atomic E-state index is 12.4. The number of amides is 1. The summed E-state index contributed by atoms with van der Waals surface area (Å²) in [5.74, 6) is -0.171. The second kappa shape index (κ2) is 9.24. The van der Waals surface area contributed by atoms with Gasteiger partial charge in [-0.3, -0.25) is 9.48 Å². The van der Waals surface area contributed by atoms with Gasteiger partial charge >= 0.3 is 0 Å². The highest BCUT2D eigenvalue weighted by Gasteiger charge is 2.22. The van der Waals surface area contributed by atoms with Crippen LogP contribution in [0.25, 0.3) is 11.3 Å². The Balaban J connectivity index is 1.90. The van der Waals surface area contributed by atoms with E-state index in [0.717, 1.165) is 24.1 Å². The average Bonchev–Trinajstić information content (AvgIpc) is 3.14. The molecule has 3 rings (SSSR count). The van der Waals surface area contributed by atoms with Gasteiger partial charge in [-0.05, 0) is 49.3 Å². The molecule has 1 heterocycles. The van der Waals surface area contributed by atoms with Gasteiger partial charge in [0, 0.05) is 18.0 Å². The summed E-state index contributed by atoms with van der Waals surface area (Å²) < 4.78 is 2.06. The van der Waals surface area contributed by atoms with Crippen molar-refractivity contribution in [1.82, 2.24) is 15.1 Å². The van der Waals surface area contributed by atoms with Crippen molar-refractivity contribution in [2.75, 3.05) is 19.4 Å². The molecule has 26 heavy (non-hydrogen) atoms. The van der Waals surface area contributed by atoms with Gasteiger partial charge in [0.05, 0.1) is 11.7 Å². The van der Waals surface area contributed by atoms with Crippen LogP contribution in [0.2, 0.25) is 0 Å². The fourth-order valence-corrected chi connectivity index (χ4v) is 3.87. The van der Waals surface area contributed by atoms with Gasteiger partial charge in [0.25, 0.3) is 5.91 Å². The predicted molar refractivity (Wildman–Crippen MR) is 106 cm³/mol. The van der Waals surface area contributed by atoms with Crippen LogP contribution >= 0.6 is 11.8 Å². The second-order valence-corrected chi connectivity index (χ2v) is 7.59. The standard InChI is InChI=1S/C20H27N3O2S/c1-26-17-10-8-15(9-11-17)19-14-18(20(25)21-12-5-13-24)22-23(19)16-6-3-2-4-7-16/h8-11,14,16,24H,2-7,12-13H2,1H3,(H,21,25). The van der Waals surface area contributed by atoms with Crippen LogP contribution in [0, 0.1) is 0 Å². The molecule has 0 bridgehead atoms. The van der Waals surface area contributed by atoms with Gasteiger partial charge in [-0.2, -0.15) is 5.10 Å². The molecule has 1 saturated carbocycles. The number of carbonyl (C=O) groups excluding carboxylic acids is 1. The Hall–Kier alpha value is -1.79. The number of benzene rings is 1. The molecule has 6 heteroatoms. The van der Waals surface area contributed by atoms with E-state index in [2.05, 4.69) is 45.6 Å². The first kappa shape index (κ1) is 19.0. The molecule has 1 aromatic carbocycles. The quantitative estimate of drug-likeness (QED) is 0.571. The molecule has 1 fully saturated rings. The zero-order valence-electron chi connectivity index (χ0n) is 15.3. The van der Waals surface area contributed by atoms with Crippen molar-refractivity contribution in [2.24, 2.45) is 0 Å². The van der Waals surface area contributed by atoms with E-state index in [9.17, 15) is 4.79 Å². The summed E-state index contributed by atoms with van der Waals surface area (Å²) in [5.41, 5.74) is 2.56. The third-order valence-electron chi connectivity index (χ3n) is 4.90. The lowest BCUT2D eigenvalue weighted by molar-refractivity contribution is 0.0944. The summed E-state index contributed by atoms with van der Waals surface area (Å²) in [6.45, 7) is 0.535. The van der Waals surface area contributed by atoms with E-state index < -0.39 is 0 Å². The number of aliphatic hydroxyl groups is 1. The predicted octanol–water partition coefficient (Wildman–Crippen LogP) is 3.89. The van der Waals surface area contributed by atoms with Gasteiger partial charge in [0.15, 0.2) is 5.69 Å². The highest BCUT2D eigenvalue weighted by atomic mass is 32.2. The van der Waals surface area contributed by atoms with Crippen molar-refractivity contribution in [3.63, 3.8) is 0 Å². The number of aromatic nitrogens is 2. The lowest BCUT2D eigenvalue weighted by Gasteiger charge is -2.24. The van der Waals surface area contributed by atoms with E-state index >= 15 is 0 Å². The molecule has 0 unspecified atom stereocenters. The van der Waals surface area contributed by atoms with Gasteiger partial charge in [-0.15, -0.1) is 11.8 Å². The smallest absolute Gasteiger partial charge is 0.271 e. The number of hydrogen-bond donors (Lipinski definition) is 2. The van der Waals surface area contributed by atoms with E-state index in [1.165, 1.54) is 24.2 Å². The lowest BCUT2D eigenvalue weighted by Crippen LogP contribution is -2.26. The summed E-state index contributed by atoms with van der Waals surface area (Å²) in [4.78, 5) is 13.6. The monoisotopic (exact) mass is 373 g/mol. The molecule has 0 saturated heterocycles. The van der Waals surface area contributed by atoms with E-state index in [-0.39, 0.29) is 12.5 Å².